The van der Waals surface area contributed by atoms with Gasteiger partial charge in [0.05, 0.1) is 11.6 Å². The Morgan fingerprint density at radius 3 is 2.60 bits per heavy atom. The highest BCUT2D eigenvalue weighted by atomic mass is 79.9. The van der Waals surface area contributed by atoms with Gasteiger partial charge in [0.25, 0.3) is 0 Å². The van der Waals surface area contributed by atoms with Gasteiger partial charge in [-0.2, -0.15) is 0 Å². The van der Waals surface area contributed by atoms with Crippen molar-refractivity contribution in [3.63, 3.8) is 0 Å². The number of nitrogens with two attached hydrogens (primary N) is 1. The van der Waals surface area contributed by atoms with Crippen LogP contribution in [-0.4, -0.2) is 9.97 Å². The molecule has 84 valence electrons. The lowest BCUT2D eigenvalue weighted by Gasteiger charge is -1.96. The van der Waals surface area contributed by atoms with E-state index in [0.717, 1.165) is 21.3 Å². The second kappa shape index (κ2) is 5.70. The van der Waals surface area contributed by atoms with Gasteiger partial charge in [-0.15, -0.1) is 24.8 Å². The number of aromatic amines is 1. The van der Waals surface area contributed by atoms with Crippen LogP contribution < -0.4 is 5.73 Å². The van der Waals surface area contributed by atoms with Crippen LogP contribution in [0.2, 0.25) is 0 Å². The van der Waals surface area contributed by atoms with Crippen LogP contribution in [0.25, 0.3) is 11.0 Å². The van der Waals surface area contributed by atoms with Crippen molar-refractivity contribution in [2.75, 3.05) is 0 Å². The highest BCUT2D eigenvalue weighted by Gasteiger charge is 2.07. The molecule has 2 aromatic rings. The van der Waals surface area contributed by atoms with Crippen molar-refractivity contribution in [3.8, 4) is 0 Å². The van der Waals surface area contributed by atoms with Gasteiger partial charge in [0, 0.05) is 4.47 Å². The summed E-state index contributed by atoms with van der Waals surface area (Å²) in [5, 5.41) is 0. The van der Waals surface area contributed by atoms with Crippen LogP contribution >= 0.6 is 40.7 Å². The van der Waals surface area contributed by atoms with Crippen LogP contribution in [0.4, 0.5) is 0 Å². The zero-order valence-electron chi connectivity index (χ0n) is 8.03. The number of rotatable bonds is 1. The van der Waals surface area contributed by atoms with Gasteiger partial charge in [-0.3, -0.25) is 0 Å². The molecule has 0 bridgehead atoms. The minimum absolute atomic E-state index is 0. The highest BCUT2D eigenvalue weighted by Crippen LogP contribution is 2.22. The summed E-state index contributed by atoms with van der Waals surface area (Å²) in [6.07, 6.45) is 0. The van der Waals surface area contributed by atoms with Crippen LogP contribution in [0, 0.1) is 0 Å². The third-order valence-electron chi connectivity index (χ3n) is 1.91. The van der Waals surface area contributed by atoms with Gasteiger partial charge < -0.3 is 10.7 Å². The predicted octanol–water partition coefficient (Wildman–Crippen LogP) is 3.19. The fourth-order valence-corrected chi connectivity index (χ4v) is 1.69. The van der Waals surface area contributed by atoms with E-state index in [0.29, 0.717) is 0 Å². The fourth-order valence-electron chi connectivity index (χ4n) is 1.23. The number of halogens is 3. The van der Waals surface area contributed by atoms with E-state index in [-0.39, 0.29) is 30.9 Å². The Morgan fingerprint density at radius 1 is 1.40 bits per heavy atom. The maximum Gasteiger partial charge on any atom is 0.123 e. The van der Waals surface area contributed by atoms with Gasteiger partial charge in [0.1, 0.15) is 11.3 Å². The van der Waals surface area contributed by atoms with Crippen LogP contribution in [0.3, 0.4) is 0 Å². The number of fused-ring (bicyclic) bond motifs is 1. The molecule has 1 heterocycles. The molecule has 6 heteroatoms. The number of nitrogens with one attached hydrogen (secondary N) is 1. The molecule has 1 unspecified atom stereocenters. The topological polar surface area (TPSA) is 54.7 Å². The first-order valence-electron chi connectivity index (χ1n) is 4.08. The van der Waals surface area contributed by atoms with Crippen molar-refractivity contribution in [2.24, 2.45) is 5.73 Å². The van der Waals surface area contributed by atoms with E-state index in [1.54, 1.807) is 0 Å². The first-order chi connectivity index (χ1) is 6.18. The average molecular weight is 313 g/mol. The molecule has 15 heavy (non-hydrogen) atoms. The van der Waals surface area contributed by atoms with Crippen molar-refractivity contribution in [2.45, 2.75) is 13.0 Å². The number of benzene rings is 1. The van der Waals surface area contributed by atoms with Crippen molar-refractivity contribution in [3.05, 3.63) is 28.5 Å². The molecule has 0 fully saturated rings. The zero-order valence-corrected chi connectivity index (χ0v) is 11.2. The number of para-hydroxylation sites is 1. The van der Waals surface area contributed by atoms with Gasteiger partial charge in [0.15, 0.2) is 0 Å². The normalized spacial score (nSPS) is 11.7. The molecule has 0 aliphatic carbocycles. The molecule has 0 aliphatic heterocycles. The van der Waals surface area contributed by atoms with Gasteiger partial charge in [-0.25, -0.2) is 4.98 Å². The van der Waals surface area contributed by atoms with E-state index >= 15 is 0 Å². The first kappa shape index (κ1) is 14.7. The Labute approximate surface area is 109 Å². The monoisotopic (exact) mass is 311 g/mol. The first-order valence-corrected chi connectivity index (χ1v) is 4.87. The molecule has 0 radical (unpaired) electrons. The van der Waals surface area contributed by atoms with Crippen molar-refractivity contribution in [1.29, 1.82) is 0 Å². The minimum atomic E-state index is -0.0562. The lowest BCUT2D eigenvalue weighted by Crippen LogP contribution is -2.06. The second-order valence-electron chi connectivity index (χ2n) is 3.05. The van der Waals surface area contributed by atoms with E-state index in [4.69, 9.17) is 5.73 Å². The molecule has 1 aromatic carbocycles. The maximum atomic E-state index is 5.72. The Balaban J connectivity index is 0.000000980. The van der Waals surface area contributed by atoms with Gasteiger partial charge in [-0.05, 0) is 35.0 Å². The number of hydrogen-bond donors (Lipinski definition) is 2. The van der Waals surface area contributed by atoms with Crippen molar-refractivity contribution < 1.29 is 0 Å². The number of H-pyrrole nitrogens is 1. The summed E-state index contributed by atoms with van der Waals surface area (Å²) in [6.45, 7) is 1.91. The molecule has 2 rings (SSSR count). The van der Waals surface area contributed by atoms with E-state index in [1.807, 2.05) is 25.1 Å². The highest BCUT2D eigenvalue weighted by molar-refractivity contribution is 9.10. The van der Waals surface area contributed by atoms with E-state index in [2.05, 4.69) is 25.9 Å². The molecule has 3 nitrogen and oxygen atoms in total. The van der Waals surface area contributed by atoms with Gasteiger partial charge >= 0.3 is 0 Å². The van der Waals surface area contributed by atoms with Crippen LogP contribution in [0.1, 0.15) is 18.8 Å². The standard InChI is InChI=1S/C9H10BrN3.2ClH/c1-5(11)9-12-7-4-2-3-6(10)8(7)13-9;;/h2-5H,11H2,1H3,(H,12,13);2*1H. The molecule has 1 atom stereocenters. The molecule has 3 N–H and O–H groups in total. The fraction of sp³-hybridized carbons (Fsp3) is 0.222. The molecule has 0 saturated carbocycles. The quantitative estimate of drug-likeness (QED) is 0.849. The number of hydrogen-bond acceptors (Lipinski definition) is 2. The van der Waals surface area contributed by atoms with E-state index < -0.39 is 0 Å². The Hall–Kier alpha value is -0.290. The summed E-state index contributed by atoms with van der Waals surface area (Å²) >= 11 is 3.44. The van der Waals surface area contributed by atoms with Gasteiger partial charge in [0.2, 0.25) is 0 Å². The number of nitrogens with zero attached hydrogens (tertiary/aromatic N) is 1. The summed E-state index contributed by atoms with van der Waals surface area (Å²) in [4.78, 5) is 7.55. The average Bonchev–Trinajstić information content (AvgIpc) is 2.49. The summed E-state index contributed by atoms with van der Waals surface area (Å²) in [6, 6.07) is 5.86. The van der Waals surface area contributed by atoms with Crippen LogP contribution in [-0.2, 0) is 0 Å². The van der Waals surface area contributed by atoms with E-state index in [9.17, 15) is 0 Å². The molecule has 1 aromatic heterocycles. The van der Waals surface area contributed by atoms with Crippen molar-refractivity contribution in [1.82, 2.24) is 9.97 Å². The summed E-state index contributed by atoms with van der Waals surface area (Å²) in [5.74, 6) is 0.821. The Morgan fingerprint density at radius 2 is 2.07 bits per heavy atom. The Bertz CT molecular complexity index is 442. The lowest BCUT2D eigenvalue weighted by molar-refractivity contribution is 0.760. The zero-order chi connectivity index (χ0) is 9.42. The van der Waals surface area contributed by atoms with Crippen LogP contribution in [0.5, 0.6) is 0 Å². The summed E-state index contributed by atoms with van der Waals surface area (Å²) in [5.41, 5.74) is 7.67. The molecule has 0 spiro atoms. The number of aromatic nitrogens is 2. The van der Waals surface area contributed by atoms with Gasteiger partial charge in [-0.1, -0.05) is 6.07 Å². The predicted molar refractivity (Wildman–Crippen MR) is 70.9 cm³/mol. The molecular weight excluding hydrogens is 301 g/mol. The third-order valence-corrected chi connectivity index (χ3v) is 2.55. The molecule has 0 amide bonds. The molecular formula is C9H12BrCl2N3. The van der Waals surface area contributed by atoms with E-state index in [1.165, 1.54) is 0 Å². The second-order valence-corrected chi connectivity index (χ2v) is 3.90. The molecule has 0 saturated heterocycles. The smallest absolute Gasteiger partial charge is 0.123 e. The van der Waals surface area contributed by atoms with Crippen LogP contribution in [0.15, 0.2) is 22.7 Å². The number of imidazole rings is 1. The maximum absolute atomic E-state index is 5.72. The lowest BCUT2D eigenvalue weighted by atomic mass is 10.3. The SMILES string of the molecule is CC(N)c1nc2c(Br)cccc2[nH]1.Cl.Cl. The molecule has 0 aliphatic rings. The van der Waals surface area contributed by atoms with Crippen molar-refractivity contribution >= 4 is 51.8 Å². The third kappa shape index (κ3) is 2.84. The summed E-state index contributed by atoms with van der Waals surface area (Å²) in [7, 11) is 0. The Kier molecular flexibility index (Phi) is 5.59. The summed E-state index contributed by atoms with van der Waals surface area (Å²) < 4.78 is 0.994. The minimum Gasteiger partial charge on any atom is -0.341 e. The largest absolute Gasteiger partial charge is 0.341 e.